The normalized spacial score (nSPS) is 13.9. The van der Waals surface area contributed by atoms with Crippen molar-refractivity contribution in [3.8, 4) is 17.2 Å². The first-order valence-electron chi connectivity index (χ1n) is 5.78. The van der Waals surface area contributed by atoms with Crippen LogP contribution in [0.5, 0.6) is 17.2 Å². The van der Waals surface area contributed by atoms with Gasteiger partial charge in [0.05, 0.1) is 21.3 Å². The van der Waals surface area contributed by atoms with Crippen LogP contribution in [0.4, 0.5) is 0 Å². The van der Waals surface area contributed by atoms with Crippen LogP contribution in [0.1, 0.15) is 24.8 Å². The quantitative estimate of drug-likeness (QED) is 0.800. The summed E-state index contributed by atoms with van der Waals surface area (Å²) in [4.78, 5) is 0. The summed E-state index contributed by atoms with van der Waals surface area (Å²) in [7, 11) is 4.94. The number of rotatable bonds is 4. The fraction of sp³-hybridized carbons (Fsp3) is 0.429. The molecule has 0 radical (unpaired) electrons. The predicted molar refractivity (Wildman–Crippen MR) is 67.9 cm³/mol. The van der Waals surface area contributed by atoms with Crippen LogP contribution in [0, 0.1) is 0 Å². The molecule has 0 amide bonds. The van der Waals surface area contributed by atoms with Crippen LogP contribution in [0.3, 0.4) is 0 Å². The second kappa shape index (κ2) is 5.13. The van der Waals surface area contributed by atoms with Crippen molar-refractivity contribution < 1.29 is 14.2 Å². The number of hydrogen-bond donors (Lipinski definition) is 0. The molecular weight excluding hydrogens is 216 g/mol. The molecular formula is C14H18O3. The Hall–Kier alpha value is -1.64. The number of allylic oxidation sites excluding steroid dienone is 1. The molecule has 0 aromatic heterocycles. The molecule has 1 aliphatic carbocycles. The van der Waals surface area contributed by atoms with E-state index < -0.39 is 0 Å². The van der Waals surface area contributed by atoms with E-state index in [1.54, 1.807) is 21.3 Å². The second-order valence-electron chi connectivity index (χ2n) is 4.11. The van der Waals surface area contributed by atoms with Crippen LogP contribution in [0.25, 0.3) is 6.08 Å². The number of hydrogen-bond acceptors (Lipinski definition) is 3. The molecule has 1 aliphatic rings. The van der Waals surface area contributed by atoms with Crippen molar-refractivity contribution in [2.75, 3.05) is 21.3 Å². The summed E-state index contributed by atoms with van der Waals surface area (Å²) in [6.07, 6.45) is 5.86. The molecule has 3 nitrogen and oxygen atoms in total. The van der Waals surface area contributed by atoms with Crippen LogP contribution in [-0.2, 0) is 0 Å². The lowest BCUT2D eigenvalue weighted by molar-refractivity contribution is 0.348. The molecule has 0 saturated heterocycles. The Bertz CT molecular complexity index is 429. The topological polar surface area (TPSA) is 27.7 Å². The summed E-state index contributed by atoms with van der Waals surface area (Å²) in [5, 5.41) is 0. The maximum absolute atomic E-state index is 5.38. The lowest BCUT2D eigenvalue weighted by Gasteiger charge is -2.18. The van der Waals surface area contributed by atoms with Crippen molar-refractivity contribution in [1.82, 2.24) is 0 Å². The van der Waals surface area contributed by atoms with Crippen molar-refractivity contribution in [2.45, 2.75) is 19.3 Å². The van der Waals surface area contributed by atoms with E-state index >= 15 is 0 Å². The van der Waals surface area contributed by atoms with Gasteiger partial charge in [-0.05, 0) is 25.3 Å². The highest BCUT2D eigenvalue weighted by molar-refractivity contribution is 5.65. The van der Waals surface area contributed by atoms with E-state index in [1.807, 2.05) is 12.1 Å². The third-order valence-corrected chi connectivity index (χ3v) is 3.09. The lowest BCUT2D eigenvalue weighted by atomic mass is 9.90. The molecule has 0 aliphatic heterocycles. The average Bonchev–Trinajstić information content (AvgIpc) is 2.32. The highest BCUT2D eigenvalue weighted by Gasteiger charge is 2.13. The smallest absolute Gasteiger partial charge is 0.164 e. The minimum absolute atomic E-state index is 0.695. The molecule has 2 rings (SSSR count). The summed E-state index contributed by atoms with van der Waals surface area (Å²) in [6, 6.07) is 3.83. The highest BCUT2D eigenvalue weighted by Crippen LogP contribution is 2.37. The summed E-state index contributed by atoms with van der Waals surface area (Å²) in [5.41, 5.74) is 2.52. The van der Waals surface area contributed by atoms with Gasteiger partial charge in [-0.2, -0.15) is 0 Å². The van der Waals surface area contributed by atoms with Crippen LogP contribution in [0.2, 0.25) is 0 Å². The maximum Gasteiger partial charge on any atom is 0.164 e. The van der Waals surface area contributed by atoms with Gasteiger partial charge in [0.25, 0.3) is 0 Å². The van der Waals surface area contributed by atoms with Crippen LogP contribution >= 0.6 is 0 Å². The SMILES string of the molecule is COc1cc(OC)c(OC)cc1C=C1CCC1. The molecule has 0 bridgehead atoms. The first kappa shape index (κ1) is 11.8. The van der Waals surface area contributed by atoms with Gasteiger partial charge in [-0.25, -0.2) is 0 Å². The zero-order valence-corrected chi connectivity index (χ0v) is 10.6. The Morgan fingerprint density at radius 2 is 1.47 bits per heavy atom. The molecule has 0 spiro atoms. The van der Waals surface area contributed by atoms with Gasteiger partial charge in [0.1, 0.15) is 5.75 Å². The minimum Gasteiger partial charge on any atom is -0.496 e. The van der Waals surface area contributed by atoms with Gasteiger partial charge in [-0.1, -0.05) is 11.6 Å². The zero-order chi connectivity index (χ0) is 12.3. The third kappa shape index (κ3) is 2.38. The van der Waals surface area contributed by atoms with Gasteiger partial charge in [0.15, 0.2) is 11.5 Å². The fourth-order valence-electron chi connectivity index (χ4n) is 1.91. The van der Waals surface area contributed by atoms with E-state index in [2.05, 4.69) is 6.08 Å². The molecule has 1 aromatic carbocycles. The van der Waals surface area contributed by atoms with Gasteiger partial charge in [0.2, 0.25) is 0 Å². The molecule has 0 unspecified atom stereocenters. The Labute approximate surface area is 102 Å². The summed E-state index contributed by atoms with van der Waals surface area (Å²) in [6.45, 7) is 0. The summed E-state index contributed by atoms with van der Waals surface area (Å²) >= 11 is 0. The van der Waals surface area contributed by atoms with Crippen LogP contribution < -0.4 is 14.2 Å². The second-order valence-corrected chi connectivity index (χ2v) is 4.11. The molecule has 1 saturated carbocycles. The third-order valence-electron chi connectivity index (χ3n) is 3.09. The Kier molecular flexibility index (Phi) is 3.57. The van der Waals surface area contributed by atoms with Gasteiger partial charge in [-0.15, -0.1) is 0 Å². The van der Waals surface area contributed by atoms with Gasteiger partial charge in [-0.3, -0.25) is 0 Å². The summed E-state index contributed by atoms with van der Waals surface area (Å²) < 4.78 is 15.9. The molecule has 3 heteroatoms. The molecule has 92 valence electrons. The first-order chi connectivity index (χ1) is 8.28. The lowest BCUT2D eigenvalue weighted by Crippen LogP contribution is -1.98. The minimum atomic E-state index is 0.695. The predicted octanol–water partition coefficient (Wildman–Crippen LogP) is 3.28. The highest BCUT2D eigenvalue weighted by atomic mass is 16.5. The van der Waals surface area contributed by atoms with Gasteiger partial charge in [0, 0.05) is 11.6 Å². The maximum atomic E-state index is 5.38. The zero-order valence-electron chi connectivity index (χ0n) is 10.6. The largest absolute Gasteiger partial charge is 0.496 e. The standard InChI is InChI=1S/C14H18O3/c1-15-12-9-14(17-3)13(16-2)8-11(12)7-10-5-4-6-10/h7-9H,4-6H2,1-3H3. The van der Waals surface area contributed by atoms with Crippen molar-refractivity contribution in [3.05, 3.63) is 23.3 Å². The van der Waals surface area contributed by atoms with E-state index in [4.69, 9.17) is 14.2 Å². The molecule has 1 fully saturated rings. The van der Waals surface area contributed by atoms with Crippen molar-refractivity contribution in [3.63, 3.8) is 0 Å². The monoisotopic (exact) mass is 234 g/mol. The fourth-order valence-corrected chi connectivity index (χ4v) is 1.91. The molecule has 1 aromatic rings. The molecule has 0 N–H and O–H groups in total. The van der Waals surface area contributed by atoms with E-state index in [0.29, 0.717) is 5.75 Å². The van der Waals surface area contributed by atoms with Gasteiger partial charge < -0.3 is 14.2 Å². The average molecular weight is 234 g/mol. The summed E-state index contributed by atoms with van der Waals surface area (Å²) in [5.74, 6) is 2.25. The van der Waals surface area contributed by atoms with Crippen molar-refractivity contribution >= 4 is 6.08 Å². The molecule has 0 atom stereocenters. The van der Waals surface area contributed by atoms with Crippen LogP contribution in [-0.4, -0.2) is 21.3 Å². The van der Waals surface area contributed by atoms with E-state index in [0.717, 1.165) is 17.1 Å². The van der Waals surface area contributed by atoms with Crippen molar-refractivity contribution in [1.29, 1.82) is 0 Å². The Balaban J connectivity index is 2.41. The number of ether oxygens (including phenoxy) is 3. The number of benzene rings is 1. The first-order valence-corrected chi connectivity index (χ1v) is 5.78. The van der Waals surface area contributed by atoms with Crippen molar-refractivity contribution in [2.24, 2.45) is 0 Å². The Morgan fingerprint density at radius 1 is 0.882 bits per heavy atom. The van der Waals surface area contributed by atoms with E-state index in [-0.39, 0.29) is 0 Å². The van der Waals surface area contributed by atoms with Gasteiger partial charge >= 0.3 is 0 Å². The molecule has 17 heavy (non-hydrogen) atoms. The van der Waals surface area contributed by atoms with E-state index in [1.165, 1.54) is 24.8 Å². The number of methoxy groups -OCH3 is 3. The Morgan fingerprint density at radius 3 is 1.94 bits per heavy atom. The van der Waals surface area contributed by atoms with E-state index in [9.17, 15) is 0 Å². The molecule has 0 heterocycles. The van der Waals surface area contributed by atoms with Crippen LogP contribution in [0.15, 0.2) is 17.7 Å².